The molecule has 1 amide bonds. The number of amides is 1. The third-order valence-electron chi connectivity index (χ3n) is 3.02. The topological polar surface area (TPSA) is 88.1 Å². The molecule has 1 aliphatic heterocycles. The van der Waals surface area contributed by atoms with Crippen molar-refractivity contribution >= 4 is 11.6 Å². The Labute approximate surface area is 110 Å². The number of rotatable bonds is 3. The molecular formula is C13H14FN3O2. The normalized spacial score (nSPS) is 21.9. The van der Waals surface area contributed by atoms with Crippen LogP contribution in [-0.2, 0) is 9.53 Å². The fourth-order valence-electron chi connectivity index (χ4n) is 1.97. The molecule has 2 atom stereocenters. The van der Waals surface area contributed by atoms with Gasteiger partial charge in [-0.1, -0.05) is 0 Å². The molecule has 1 fully saturated rings. The largest absolute Gasteiger partial charge is 0.364 e. The second-order valence-electron chi connectivity index (χ2n) is 4.36. The van der Waals surface area contributed by atoms with Crippen molar-refractivity contribution in [3.63, 3.8) is 0 Å². The molecule has 6 heteroatoms. The van der Waals surface area contributed by atoms with Crippen LogP contribution in [0, 0.1) is 17.1 Å². The van der Waals surface area contributed by atoms with Crippen molar-refractivity contribution in [2.75, 3.05) is 11.9 Å². The van der Waals surface area contributed by atoms with Gasteiger partial charge in [0.25, 0.3) is 5.91 Å². The Kier molecular flexibility index (Phi) is 4.10. The zero-order chi connectivity index (χ0) is 13.8. The summed E-state index contributed by atoms with van der Waals surface area (Å²) in [6.45, 7) is 0.370. The van der Waals surface area contributed by atoms with E-state index in [4.69, 9.17) is 15.7 Å². The Bertz CT molecular complexity index is 527. The molecule has 100 valence electrons. The number of ether oxygens (including phenoxy) is 1. The molecule has 1 saturated heterocycles. The minimum Gasteiger partial charge on any atom is -0.364 e. The summed E-state index contributed by atoms with van der Waals surface area (Å²) in [6, 6.07) is 5.71. The molecule has 0 aliphatic carbocycles. The molecule has 2 rings (SSSR count). The number of halogens is 1. The summed E-state index contributed by atoms with van der Waals surface area (Å²) in [6.07, 6.45) is 0.598. The molecule has 5 nitrogen and oxygen atoms in total. The van der Waals surface area contributed by atoms with E-state index in [1.165, 1.54) is 12.1 Å². The van der Waals surface area contributed by atoms with Gasteiger partial charge in [-0.15, -0.1) is 0 Å². The Hall–Kier alpha value is -1.97. The number of hydrogen-bond acceptors (Lipinski definition) is 4. The second-order valence-corrected chi connectivity index (χ2v) is 4.36. The summed E-state index contributed by atoms with van der Waals surface area (Å²) in [4.78, 5) is 11.9. The van der Waals surface area contributed by atoms with Gasteiger partial charge in [-0.05, 0) is 31.0 Å². The van der Waals surface area contributed by atoms with Gasteiger partial charge in [-0.2, -0.15) is 5.26 Å². The van der Waals surface area contributed by atoms with Gasteiger partial charge in [0.05, 0.1) is 23.4 Å². The van der Waals surface area contributed by atoms with Crippen molar-refractivity contribution in [1.29, 1.82) is 5.26 Å². The molecule has 1 aromatic carbocycles. The maximum atomic E-state index is 13.6. The maximum absolute atomic E-state index is 13.6. The van der Waals surface area contributed by atoms with Gasteiger partial charge >= 0.3 is 0 Å². The number of nitrogens with one attached hydrogen (secondary N) is 1. The number of anilines is 1. The van der Waals surface area contributed by atoms with E-state index in [-0.39, 0.29) is 23.3 Å². The van der Waals surface area contributed by atoms with Gasteiger partial charge in [-0.25, -0.2) is 4.39 Å². The summed E-state index contributed by atoms with van der Waals surface area (Å²) in [5, 5.41) is 11.1. The lowest BCUT2D eigenvalue weighted by Gasteiger charge is -2.13. The third-order valence-corrected chi connectivity index (χ3v) is 3.02. The van der Waals surface area contributed by atoms with Gasteiger partial charge in [0.15, 0.2) is 0 Å². The second kappa shape index (κ2) is 5.78. The van der Waals surface area contributed by atoms with Crippen LogP contribution in [0.1, 0.15) is 18.4 Å². The lowest BCUT2D eigenvalue weighted by Crippen LogP contribution is -2.30. The molecule has 1 heterocycles. The zero-order valence-electron chi connectivity index (χ0n) is 10.2. The highest BCUT2D eigenvalue weighted by Crippen LogP contribution is 2.21. The molecule has 19 heavy (non-hydrogen) atoms. The SMILES string of the molecule is N#Cc1ccc(NC(=O)C2CCC(CN)O2)c(F)c1. The van der Waals surface area contributed by atoms with Crippen molar-refractivity contribution in [3.8, 4) is 6.07 Å². The first-order valence-corrected chi connectivity index (χ1v) is 6.00. The first-order valence-electron chi connectivity index (χ1n) is 6.00. The van der Waals surface area contributed by atoms with E-state index in [0.717, 1.165) is 12.5 Å². The quantitative estimate of drug-likeness (QED) is 0.856. The van der Waals surface area contributed by atoms with Crippen LogP contribution in [0.2, 0.25) is 0 Å². The summed E-state index contributed by atoms with van der Waals surface area (Å²) < 4.78 is 19.0. The molecule has 0 spiro atoms. The van der Waals surface area contributed by atoms with Crippen LogP contribution in [-0.4, -0.2) is 24.7 Å². The summed E-state index contributed by atoms with van der Waals surface area (Å²) in [5.74, 6) is -1.03. The predicted octanol–water partition coefficient (Wildman–Crippen LogP) is 1.14. The Morgan fingerprint density at radius 2 is 2.37 bits per heavy atom. The standard InChI is InChI=1S/C13H14FN3O2/c14-10-5-8(6-15)1-3-11(10)17-13(18)12-4-2-9(7-16)19-12/h1,3,5,9,12H,2,4,7,16H2,(H,17,18). The number of carbonyl (C=O) groups is 1. The van der Waals surface area contributed by atoms with Crippen molar-refractivity contribution in [2.24, 2.45) is 5.73 Å². The first kappa shape index (κ1) is 13.5. The van der Waals surface area contributed by atoms with Crippen molar-refractivity contribution in [2.45, 2.75) is 25.0 Å². The highest BCUT2D eigenvalue weighted by Gasteiger charge is 2.30. The van der Waals surface area contributed by atoms with Gasteiger partial charge in [0.1, 0.15) is 11.9 Å². The van der Waals surface area contributed by atoms with Crippen molar-refractivity contribution in [1.82, 2.24) is 0 Å². The molecule has 0 radical (unpaired) electrons. The van der Waals surface area contributed by atoms with Gasteiger partial charge in [0.2, 0.25) is 0 Å². The monoisotopic (exact) mass is 263 g/mol. The van der Waals surface area contributed by atoms with Gasteiger partial charge in [0, 0.05) is 6.54 Å². The van der Waals surface area contributed by atoms with E-state index in [1.807, 2.05) is 6.07 Å². The highest BCUT2D eigenvalue weighted by atomic mass is 19.1. The Morgan fingerprint density at radius 1 is 1.58 bits per heavy atom. The number of carbonyl (C=O) groups excluding carboxylic acids is 1. The number of hydrogen-bond donors (Lipinski definition) is 2. The van der Waals surface area contributed by atoms with E-state index in [9.17, 15) is 9.18 Å². The lowest BCUT2D eigenvalue weighted by atomic mass is 10.1. The van der Waals surface area contributed by atoms with Crippen molar-refractivity contribution in [3.05, 3.63) is 29.6 Å². The fourth-order valence-corrected chi connectivity index (χ4v) is 1.97. The number of nitrogens with zero attached hydrogens (tertiary/aromatic N) is 1. The van der Waals surface area contributed by atoms with E-state index in [2.05, 4.69) is 5.32 Å². The average molecular weight is 263 g/mol. The Balaban J connectivity index is 2.02. The number of benzene rings is 1. The maximum Gasteiger partial charge on any atom is 0.253 e. The summed E-state index contributed by atoms with van der Waals surface area (Å²) >= 11 is 0. The van der Waals surface area contributed by atoms with Crippen LogP contribution in [0.3, 0.4) is 0 Å². The molecule has 1 aromatic rings. The molecule has 3 N–H and O–H groups in total. The molecule has 2 unspecified atom stereocenters. The number of nitrogens with two attached hydrogens (primary N) is 1. The van der Waals surface area contributed by atoms with E-state index in [0.29, 0.717) is 13.0 Å². The molecule has 0 saturated carbocycles. The third kappa shape index (κ3) is 3.08. The smallest absolute Gasteiger partial charge is 0.253 e. The van der Waals surface area contributed by atoms with E-state index >= 15 is 0 Å². The predicted molar refractivity (Wildman–Crippen MR) is 66.7 cm³/mol. The summed E-state index contributed by atoms with van der Waals surface area (Å²) in [5.41, 5.74) is 5.71. The van der Waals surface area contributed by atoms with E-state index < -0.39 is 11.9 Å². The summed E-state index contributed by atoms with van der Waals surface area (Å²) in [7, 11) is 0. The highest BCUT2D eigenvalue weighted by molar-refractivity contribution is 5.94. The van der Waals surface area contributed by atoms with Gasteiger partial charge in [-0.3, -0.25) is 4.79 Å². The average Bonchev–Trinajstić information content (AvgIpc) is 2.90. The molecule has 0 aromatic heterocycles. The van der Waals surface area contributed by atoms with Crippen LogP contribution in [0.15, 0.2) is 18.2 Å². The van der Waals surface area contributed by atoms with Crippen LogP contribution < -0.4 is 11.1 Å². The van der Waals surface area contributed by atoms with Crippen LogP contribution in [0.25, 0.3) is 0 Å². The Morgan fingerprint density at radius 3 is 2.95 bits per heavy atom. The van der Waals surface area contributed by atoms with Crippen LogP contribution in [0.4, 0.5) is 10.1 Å². The van der Waals surface area contributed by atoms with E-state index in [1.54, 1.807) is 0 Å². The van der Waals surface area contributed by atoms with Crippen LogP contribution >= 0.6 is 0 Å². The number of nitriles is 1. The zero-order valence-corrected chi connectivity index (χ0v) is 10.2. The minimum atomic E-state index is -0.638. The fraction of sp³-hybridized carbons (Fsp3) is 0.385. The molecule has 0 bridgehead atoms. The molecule has 1 aliphatic rings. The van der Waals surface area contributed by atoms with Gasteiger partial charge < -0.3 is 15.8 Å². The minimum absolute atomic E-state index is 0.0452. The van der Waals surface area contributed by atoms with Crippen LogP contribution in [0.5, 0.6) is 0 Å². The first-order chi connectivity index (χ1) is 9.13. The lowest BCUT2D eigenvalue weighted by molar-refractivity contribution is -0.126. The molecular weight excluding hydrogens is 249 g/mol. The van der Waals surface area contributed by atoms with Crippen molar-refractivity contribution < 1.29 is 13.9 Å².